The van der Waals surface area contributed by atoms with Crippen molar-refractivity contribution < 1.29 is 14.3 Å². The minimum absolute atomic E-state index is 0.175. The molecule has 2 heterocycles. The first kappa shape index (κ1) is 13.7. The predicted octanol–water partition coefficient (Wildman–Crippen LogP) is 1.19. The van der Waals surface area contributed by atoms with Crippen molar-refractivity contribution in [1.29, 1.82) is 0 Å². The Hall–Kier alpha value is -1.69. The van der Waals surface area contributed by atoms with E-state index < -0.39 is 5.97 Å². The molecule has 1 atom stereocenters. The maximum absolute atomic E-state index is 11.8. The van der Waals surface area contributed by atoms with Gasteiger partial charge in [-0.2, -0.15) is 0 Å². The molecule has 6 heteroatoms. The minimum atomic E-state index is -0.408. The van der Waals surface area contributed by atoms with Crippen LogP contribution in [0.1, 0.15) is 29.0 Å². The Balaban J connectivity index is 2.31. The largest absolute Gasteiger partial charge is 0.465 e. The molecular weight excluding hydrogens is 246 g/mol. The van der Waals surface area contributed by atoms with Crippen molar-refractivity contribution in [2.24, 2.45) is 0 Å². The Morgan fingerprint density at radius 2 is 2.26 bits per heavy atom. The average Bonchev–Trinajstić information content (AvgIpc) is 2.46. The number of carbonyl (C=O) groups is 1. The molecule has 0 N–H and O–H groups in total. The molecule has 1 fully saturated rings. The summed E-state index contributed by atoms with van der Waals surface area (Å²) in [6, 6.07) is 0. The van der Waals surface area contributed by atoms with E-state index in [1.807, 2.05) is 6.92 Å². The zero-order valence-electron chi connectivity index (χ0n) is 11.5. The molecule has 1 aromatic rings. The molecular formula is C13H19N3O3. The highest BCUT2D eigenvalue weighted by Crippen LogP contribution is 2.23. The first-order valence-corrected chi connectivity index (χ1v) is 6.35. The van der Waals surface area contributed by atoms with Crippen LogP contribution in [0.25, 0.3) is 0 Å². The highest BCUT2D eigenvalue weighted by Gasteiger charge is 2.25. The van der Waals surface area contributed by atoms with Crippen molar-refractivity contribution in [3.8, 4) is 0 Å². The van der Waals surface area contributed by atoms with Crippen LogP contribution in [0.15, 0.2) is 6.20 Å². The monoisotopic (exact) mass is 265 g/mol. The topological polar surface area (TPSA) is 64.5 Å². The Labute approximate surface area is 112 Å². The van der Waals surface area contributed by atoms with Gasteiger partial charge >= 0.3 is 5.97 Å². The predicted molar refractivity (Wildman–Crippen MR) is 70.4 cm³/mol. The molecule has 0 radical (unpaired) electrons. The lowest BCUT2D eigenvalue weighted by Gasteiger charge is -2.33. The molecule has 1 aliphatic rings. The lowest BCUT2D eigenvalue weighted by Crippen LogP contribution is -2.40. The van der Waals surface area contributed by atoms with Crippen LogP contribution in [0.3, 0.4) is 0 Å². The van der Waals surface area contributed by atoms with Gasteiger partial charge in [-0.15, -0.1) is 0 Å². The van der Waals surface area contributed by atoms with Crippen LogP contribution in [-0.4, -0.2) is 49.4 Å². The molecule has 0 aliphatic carbocycles. The standard InChI is InChI=1S/C13H19N3O3/c1-9-14-7-11(13(17)19-3)12(15-9)16-6-4-5-10(8-16)18-2/h7,10H,4-6,8H2,1-3H3. The number of esters is 1. The lowest BCUT2D eigenvalue weighted by molar-refractivity contribution is 0.0598. The van der Waals surface area contributed by atoms with E-state index in [0.717, 1.165) is 25.9 Å². The molecule has 0 amide bonds. The molecule has 0 spiro atoms. The Bertz CT molecular complexity index is 464. The number of rotatable bonds is 3. The fourth-order valence-corrected chi connectivity index (χ4v) is 2.28. The third kappa shape index (κ3) is 3.01. The van der Waals surface area contributed by atoms with Crippen molar-refractivity contribution >= 4 is 11.8 Å². The lowest BCUT2D eigenvalue weighted by atomic mass is 10.1. The van der Waals surface area contributed by atoms with E-state index in [1.54, 1.807) is 7.11 Å². The van der Waals surface area contributed by atoms with E-state index in [2.05, 4.69) is 14.9 Å². The normalized spacial score (nSPS) is 19.3. The summed E-state index contributed by atoms with van der Waals surface area (Å²) in [5, 5.41) is 0. The van der Waals surface area contributed by atoms with Crippen LogP contribution in [0.2, 0.25) is 0 Å². The summed E-state index contributed by atoms with van der Waals surface area (Å²) in [6.45, 7) is 3.40. The van der Waals surface area contributed by atoms with Crippen molar-refractivity contribution in [2.75, 3.05) is 32.2 Å². The molecule has 19 heavy (non-hydrogen) atoms. The summed E-state index contributed by atoms with van der Waals surface area (Å²) in [7, 11) is 3.07. The first-order chi connectivity index (χ1) is 9.15. The number of aryl methyl sites for hydroxylation is 1. The number of anilines is 1. The molecule has 1 unspecified atom stereocenters. The van der Waals surface area contributed by atoms with Crippen LogP contribution in [0.5, 0.6) is 0 Å². The van der Waals surface area contributed by atoms with Gasteiger partial charge in [-0.3, -0.25) is 0 Å². The van der Waals surface area contributed by atoms with Gasteiger partial charge in [0, 0.05) is 26.4 Å². The Morgan fingerprint density at radius 3 is 2.95 bits per heavy atom. The van der Waals surface area contributed by atoms with Gasteiger partial charge in [-0.05, 0) is 19.8 Å². The van der Waals surface area contributed by atoms with Gasteiger partial charge < -0.3 is 14.4 Å². The number of hydrogen-bond acceptors (Lipinski definition) is 6. The van der Waals surface area contributed by atoms with E-state index in [1.165, 1.54) is 13.3 Å². The highest BCUT2D eigenvalue weighted by atomic mass is 16.5. The fraction of sp³-hybridized carbons (Fsp3) is 0.615. The second-order valence-electron chi connectivity index (χ2n) is 4.59. The average molecular weight is 265 g/mol. The van der Waals surface area contributed by atoms with Gasteiger partial charge in [0.05, 0.1) is 13.2 Å². The van der Waals surface area contributed by atoms with Gasteiger partial charge in [0.25, 0.3) is 0 Å². The third-order valence-corrected chi connectivity index (χ3v) is 3.31. The number of hydrogen-bond donors (Lipinski definition) is 0. The summed E-state index contributed by atoms with van der Waals surface area (Å²) in [6.07, 6.45) is 3.75. The molecule has 1 saturated heterocycles. The zero-order chi connectivity index (χ0) is 13.8. The number of methoxy groups -OCH3 is 2. The van der Waals surface area contributed by atoms with Crippen molar-refractivity contribution in [2.45, 2.75) is 25.9 Å². The summed E-state index contributed by atoms with van der Waals surface area (Å²) in [5.41, 5.74) is 0.407. The van der Waals surface area contributed by atoms with E-state index in [9.17, 15) is 4.79 Å². The number of ether oxygens (including phenoxy) is 2. The number of nitrogens with zero attached hydrogens (tertiary/aromatic N) is 3. The van der Waals surface area contributed by atoms with Crippen molar-refractivity contribution in [1.82, 2.24) is 9.97 Å². The van der Waals surface area contributed by atoms with Gasteiger partial charge in [0.15, 0.2) is 0 Å². The number of aromatic nitrogens is 2. The molecule has 0 bridgehead atoms. The Morgan fingerprint density at radius 1 is 1.47 bits per heavy atom. The quantitative estimate of drug-likeness (QED) is 0.765. The molecule has 0 saturated carbocycles. The van der Waals surface area contributed by atoms with Crippen molar-refractivity contribution in [3.63, 3.8) is 0 Å². The second-order valence-corrected chi connectivity index (χ2v) is 4.59. The maximum Gasteiger partial charge on any atom is 0.343 e. The third-order valence-electron chi connectivity index (χ3n) is 3.31. The molecule has 0 aromatic carbocycles. The van der Waals surface area contributed by atoms with E-state index >= 15 is 0 Å². The molecule has 2 rings (SSSR count). The van der Waals surface area contributed by atoms with E-state index in [4.69, 9.17) is 9.47 Å². The van der Waals surface area contributed by atoms with Gasteiger partial charge in [0.2, 0.25) is 0 Å². The smallest absolute Gasteiger partial charge is 0.343 e. The molecule has 1 aromatic heterocycles. The van der Waals surface area contributed by atoms with Crippen LogP contribution in [-0.2, 0) is 9.47 Å². The molecule has 104 valence electrons. The maximum atomic E-state index is 11.8. The second kappa shape index (κ2) is 5.97. The minimum Gasteiger partial charge on any atom is -0.465 e. The first-order valence-electron chi connectivity index (χ1n) is 6.35. The summed E-state index contributed by atoms with van der Waals surface area (Å²) >= 11 is 0. The van der Waals surface area contributed by atoms with E-state index in [-0.39, 0.29) is 6.10 Å². The number of carbonyl (C=O) groups excluding carboxylic acids is 1. The fourth-order valence-electron chi connectivity index (χ4n) is 2.28. The van der Waals surface area contributed by atoms with Gasteiger partial charge in [-0.25, -0.2) is 14.8 Å². The van der Waals surface area contributed by atoms with Crippen LogP contribution < -0.4 is 4.90 Å². The summed E-state index contributed by atoms with van der Waals surface area (Å²) in [5.74, 6) is 0.873. The summed E-state index contributed by atoms with van der Waals surface area (Å²) < 4.78 is 10.2. The van der Waals surface area contributed by atoms with Crippen LogP contribution in [0, 0.1) is 6.92 Å². The van der Waals surface area contributed by atoms with Crippen LogP contribution >= 0.6 is 0 Å². The molecule has 6 nitrogen and oxygen atoms in total. The SMILES string of the molecule is COC(=O)c1cnc(C)nc1N1CCCC(OC)C1. The zero-order valence-corrected chi connectivity index (χ0v) is 11.5. The van der Waals surface area contributed by atoms with Crippen LogP contribution in [0.4, 0.5) is 5.82 Å². The van der Waals surface area contributed by atoms with E-state index in [0.29, 0.717) is 17.2 Å². The van der Waals surface area contributed by atoms with Gasteiger partial charge in [-0.1, -0.05) is 0 Å². The highest BCUT2D eigenvalue weighted by molar-refractivity contribution is 5.94. The number of piperidine rings is 1. The summed E-state index contributed by atoms with van der Waals surface area (Å²) in [4.78, 5) is 22.3. The Kier molecular flexibility index (Phi) is 4.31. The van der Waals surface area contributed by atoms with Crippen molar-refractivity contribution in [3.05, 3.63) is 17.6 Å². The van der Waals surface area contributed by atoms with Gasteiger partial charge in [0.1, 0.15) is 17.2 Å². The molecule has 1 aliphatic heterocycles.